The van der Waals surface area contributed by atoms with Gasteiger partial charge in [-0.2, -0.15) is 9.40 Å². The standard InChI is InChI=1S/C13H17N5O2S/c1-17-10-12(8-16-17)21(19,20)18-6-5-15-9-13(18)11-3-2-4-14-7-11/h2-4,7-8,10,13,15H,5-6,9H2,1H3. The molecule has 3 heterocycles. The predicted molar refractivity (Wildman–Crippen MR) is 76.9 cm³/mol. The molecule has 7 nitrogen and oxygen atoms in total. The number of hydrogen-bond acceptors (Lipinski definition) is 5. The molecule has 1 atom stereocenters. The zero-order chi connectivity index (χ0) is 14.9. The van der Waals surface area contributed by atoms with Crippen LogP contribution in [-0.2, 0) is 17.1 Å². The number of nitrogens with zero attached hydrogens (tertiary/aromatic N) is 4. The van der Waals surface area contributed by atoms with Gasteiger partial charge in [0.05, 0.1) is 12.2 Å². The fraction of sp³-hybridized carbons (Fsp3) is 0.385. The van der Waals surface area contributed by atoms with Crippen molar-refractivity contribution < 1.29 is 8.42 Å². The van der Waals surface area contributed by atoms with Gasteiger partial charge in [-0.1, -0.05) is 6.07 Å². The highest BCUT2D eigenvalue weighted by molar-refractivity contribution is 7.89. The van der Waals surface area contributed by atoms with Crippen LogP contribution in [0.3, 0.4) is 0 Å². The molecule has 1 fully saturated rings. The van der Waals surface area contributed by atoms with Crippen LogP contribution in [0.15, 0.2) is 41.8 Å². The third-order valence-corrected chi connectivity index (χ3v) is 5.41. The lowest BCUT2D eigenvalue weighted by atomic mass is 10.1. The van der Waals surface area contributed by atoms with Crippen LogP contribution in [0.4, 0.5) is 0 Å². The number of rotatable bonds is 3. The van der Waals surface area contributed by atoms with E-state index in [2.05, 4.69) is 15.4 Å². The van der Waals surface area contributed by atoms with Gasteiger partial charge in [-0.25, -0.2) is 8.42 Å². The quantitative estimate of drug-likeness (QED) is 0.873. The van der Waals surface area contributed by atoms with Gasteiger partial charge in [0.15, 0.2) is 0 Å². The Bertz CT molecular complexity index is 713. The maximum absolute atomic E-state index is 12.8. The molecular formula is C13H17N5O2S. The Labute approximate surface area is 123 Å². The molecule has 3 rings (SSSR count). The Balaban J connectivity index is 1.98. The molecule has 2 aromatic rings. The van der Waals surface area contributed by atoms with Crippen molar-refractivity contribution in [3.8, 4) is 0 Å². The van der Waals surface area contributed by atoms with E-state index in [0.29, 0.717) is 19.6 Å². The molecule has 0 amide bonds. The molecule has 112 valence electrons. The van der Waals surface area contributed by atoms with E-state index in [1.807, 2.05) is 12.1 Å². The molecule has 0 aromatic carbocycles. The fourth-order valence-corrected chi connectivity index (χ4v) is 4.10. The first-order valence-corrected chi connectivity index (χ1v) is 8.14. The molecule has 1 saturated heterocycles. The van der Waals surface area contributed by atoms with Gasteiger partial charge >= 0.3 is 0 Å². The number of nitrogens with one attached hydrogen (secondary N) is 1. The van der Waals surface area contributed by atoms with Gasteiger partial charge < -0.3 is 5.32 Å². The Morgan fingerprint density at radius 1 is 1.38 bits per heavy atom. The summed E-state index contributed by atoms with van der Waals surface area (Å²) in [7, 11) is -1.85. The average molecular weight is 307 g/mol. The number of piperazine rings is 1. The minimum atomic E-state index is -3.56. The van der Waals surface area contributed by atoms with Gasteiger partial charge in [0, 0.05) is 45.3 Å². The summed E-state index contributed by atoms with van der Waals surface area (Å²) in [5.41, 5.74) is 0.886. The van der Waals surface area contributed by atoms with Crippen molar-refractivity contribution in [3.05, 3.63) is 42.5 Å². The summed E-state index contributed by atoms with van der Waals surface area (Å²) in [6.45, 7) is 1.64. The predicted octanol–water partition coefficient (Wildman–Crippen LogP) is 0.150. The largest absolute Gasteiger partial charge is 0.313 e. The van der Waals surface area contributed by atoms with Crippen LogP contribution in [-0.4, -0.2) is 47.1 Å². The molecule has 0 spiro atoms. The van der Waals surface area contributed by atoms with Crippen LogP contribution in [0.5, 0.6) is 0 Å². The van der Waals surface area contributed by atoms with Crippen LogP contribution in [0.25, 0.3) is 0 Å². The third-order valence-electron chi connectivity index (χ3n) is 3.55. The molecule has 0 bridgehead atoms. The molecule has 1 unspecified atom stereocenters. The van der Waals surface area contributed by atoms with Crippen molar-refractivity contribution in [2.24, 2.45) is 7.05 Å². The minimum Gasteiger partial charge on any atom is -0.313 e. The van der Waals surface area contributed by atoms with Gasteiger partial charge in [0.25, 0.3) is 0 Å². The van der Waals surface area contributed by atoms with E-state index in [1.54, 1.807) is 19.4 Å². The van der Waals surface area contributed by atoms with E-state index in [4.69, 9.17) is 0 Å². The van der Waals surface area contributed by atoms with E-state index >= 15 is 0 Å². The minimum absolute atomic E-state index is 0.223. The smallest absolute Gasteiger partial charge is 0.246 e. The molecule has 8 heteroatoms. The molecular weight excluding hydrogens is 290 g/mol. The van der Waals surface area contributed by atoms with Crippen LogP contribution in [0.2, 0.25) is 0 Å². The summed E-state index contributed by atoms with van der Waals surface area (Å²) in [6.07, 6.45) is 6.30. The maximum atomic E-state index is 12.8. The number of aromatic nitrogens is 3. The summed E-state index contributed by atoms with van der Waals surface area (Å²) in [4.78, 5) is 4.31. The van der Waals surface area contributed by atoms with Crippen molar-refractivity contribution in [3.63, 3.8) is 0 Å². The fourth-order valence-electron chi connectivity index (χ4n) is 2.50. The van der Waals surface area contributed by atoms with Crippen LogP contribution in [0.1, 0.15) is 11.6 Å². The lowest BCUT2D eigenvalue weighted by Crippen LogP contribution is -2.48. The van der Waals surface area contributed by atoms with E-state index in [-0.39, 0.29) is 10.9 Å². The van der Waals surface area contributed by atoms with Gasteiger partial charge in [0.2, 0.25) is 10.0 Å². The first-order chi connectivity index (χ1) is 10.1. The zero-order valence-electron chi connectivity index (χ0n) is 11.7. The van der Waals surface area contributed by atoms with E-state index < -0.39 is 10.0 Å². The van der Waals surface area contributed by atoms with Crippen molar-refractivity contribution in [1.29, 1.82) is 0 Å². The van der Waals surface area contributed by atoms with Gasteiger partial charge in [-0.3, -0.25) is 9.67 Å². The van der Waals surface area contributed by atoms with Gasteiger partial charge in [-0.15, -0.1) is 0 Å². The first kappa shape index (κ1) is 14.2. The van der Waals surface area contributed by atoms with Gasteiger partial charge in [-0.05, 0) is 11.6 Å². The number of pyridine rings is 1. The molecule has 0 saturated carbocycles. The van der Waals surface area contributed by atoms with Gasteiger partial charge in [0.1, 0.15) is 4.90 Å². The zero-order valence-corrected chi connectivity index (χ0v) is 12.5. The molecule has 1 aliphatic rings. The van der Waals surface area contributed by atoms with E-state index in [1.165, 1.54) is 21.4 Å². The second-order valence-corrected chi connectivity index (χ2v) is 6.86. The summed E-state index contributed by atoms with van der Waals surface area (Å²) < 4.78 is 28.6. The first-order valence-electron chi connectivity index (χ1n) is 6.70. The van der Waals surface area contributed by atoms with Crippen LogP contribution < -0.4 is 5.32 Å². The Morgan fingerprint density at radius 2 is 2.24 bits per heavy atom. The highest BCUT2D eigenvalue weighted by Gasteiger charge is 2.35. The number of aryl methyl sites for hydroxylation is 1. The molecule has 0 aliphatic carbocycles. The summed E-state index contributed by atoms with van der Waals surface area (Å²) in [5.74, 6) is 0. The normalized spacial score (nSPS) is 20.5. The summed E-state index contributed by atoms with van der Waals surface area (Å²) in [6, 6.07) is 3.47. The summed E-state index contributed by atoms with van der Waals surface area (Å²) in [5, 5.41) is 7.20. The molecule has 1 N–H and O–H groups in total. The lowest BCUT2D eigenvalue weighted by molar-refractivity contribution is 0.271. The molecule has 1 aliphatic heterocycles. The summed E-state index contributed by atoms with van der Waals surface area (Å²) >= 11 is 0. The van der Waals surface area contributed by atoms with Crippen molar-refractivity contribution in [1.82, 2.24) is 24.4 Å². The SMILES string of the molecule is Cn1cc(S(=O)(=O)N2CCNCC2c2cccnc2)cn1. The van der Waals surface area contributed by atoms with Crippen molar-refractivity contribution in [2.45, 2.75) is 10.9 Å². The van der Waals surface area contributed by atoms with Crippen molar-refractivity contribution >= 4 is 10.0 Å². The molecule has 2 aromatic heterocycles. The topological polar surface area (TPSA) is 80.1 Å². The van der Waals surface area contributed by atoms with E-state index in [9.17, 15) is 8.42 Å². The average Bonchev–Trinajstić information content (AvgIpc) is 2.95. The number of hydrogen-bond donors (Lipinski definition) is 1. The Hall–Kier alpha value is -1.77. The maximum Gasteiger partial charge on any atom is 0.246 e. The van der Waals surface area contributed by atoms with Crippen molar-refractivity contribution in [2.75, 3.05) is 19.6 Å². The second-order valence-electron chi connectivity index (χ2n) is 4.97. The monoisotopic (exact) mass is 307 g/mol. The second kappa shape index (κ2) is 5.55. The Morgan fingerprint density at radius 3 is 2.90 bits per heavy atom. The lowest BCUT2D eigenvalue weighted by Gasteiger charge is -2.34. The third kappa shape index (κ3) is 2.69. The Kier molecular flexibility index (Phi) is 3.75. The molecule has 21 heavy (non-hydrogen) atoms. The highest BCUT2D eigenvalue weighted by Crippen LogP contribution is 2.28. The molecule has 0 radical (unpaired) electrons. The highest BCUT2D eigenvalue weighted by atomic mass is 32.2. The van der Waals surface area contributed by atoms with Crippen LogP contribution >= 0.6 is 0 Å². The number of sulfonamides is 1. The van der Waals surface area contributed by atoms with E-state index in [0.717, 1.165) is 5.56 Å². The van der Waals surface area contributed by atoms with Crippen LogP contribution in [0, 0.1) is 0 Å².